The third kappa shape index (κ3) is 5.33. The van der Waals surface area contributed by atoms with E-state index in [1.54, 1.807) is 0 Å². The van der Waals surface area contributed by atoms with Crippen LogP contribution in [0.4, 0.5) is 0 Å². The number of amides is 1. The predicted molar refractivity (Wildman–Crippen MR) is 83.2 cm³/mol. The Morgan fingerprint density at radius 2 is 2.21 bits per heavy atom. The predicted octanol–water partition coefficient (Wildman–Crippen LogP) is 2.70. The monoisotopic (exact) mass is 326 g/mol. The van der Waals surface area contributed by atoms with E-state index in [1.165, 1.54) is 5.56 Å². The second-order valence-electron chi connectivity index (χ2n) is 4.80. The van der Waals surface area contributed by atoms with E-state index < -0.39 is 0 Å². The van der Waals surface area contributed by atoms with E-state index in [0.717, 1.165) is 30.4 Å². The van der Waals surface area contributed by atoms with Crippen LogP contribution in [-0.2, 0) is 11.2 Å². The molecule has 19 heavy (non-hydrogen) atoms. The van der Waals surface area contributed by atoms with Crippen molar-refractivity contribution < 1.29 is 4.79 Å². The molecule has 0 fully saturated rings. The Bertz CT molecular complexity index is 409. The second-order valence-corrected chi connectivity index (χ2v) is 5.72. The normalized spacial score (nSPS) is 12.2. The van der Waals surface area contributed by atoms with E-state index in [-0.39, 0.29) is 11.8 Å². The lowest BCUT2D eigenvalue weighted by molar-refractivity contribution is -0.134. The van der Waals surface area contributed by atoms with E-state index in [4.69, 9.17) is 0 Å². The number of hydrogen-bond acceptors (Lipinski definition) is 2. The summed E-state index contributed by atoms with van der Waals surface area (Å²) in [5.41, 5.74) is 1.25. The van der Waals surface area contributed by atoms with Crippen LogP contribution in [0.2, 0.25) is 0 Å². The molecule has 0 aromatic heterocycles. The van der Waals surface area contributed by atoms with Gasteiger partial charge in [0.1, 0.15) is 0 Å². The SMILES string of the molecule is CCC(CNC)C(=O)N(C)CCc1cccc(Br)c1. The average molecular weight is 327 g/mol. The van der Waals surface area contributed by atoms with Gasteiger partial charge in [0.15, 0.2) is 0 Å². The van der Waals surface area contributed by atoms with Crippen LogP contribution in [-0.4, -0.2) is 38.0 Å². The van der Waals surface area contributed by atoms with Crippen molar-refractivity contribution >= 4 is 21.8 Å². The van der Waals surface area contributed by atoms with Gasteiger partial charge in [0.05, 0.1) is 5.92 Å². The van der Waals surface area contributed by atoms with E-state index in [2.05, 4.69) is 40.3 Å². The van der Waals surface area contributed by atoms with Crippen molar-refractivity contribution in [1.82, 2.24) is 10.2 Å². The molecule has 0 aliphatic carbocycles. The molecule has 1 N–H and O–H groups in total. The summed E-state index contributed by atoms with van der Waals surface area (Å²) in [6.07, 6.45) is 1.76. The molecule has 3 nitrogen and oxygen atoms in total. The fourth-order valence-corrected chi connectivity index (χ4v) is 2.51. The van der Waals surface area contributed by atoms with Crippen molar-refractivity contribution in [2.45, 2.75) is 19.8 Å². The van der Waals surface area contributed by atoms with Gasteiger partial charge in [0, 0.05) is 24.6 Å². The average Bonchev–Trinajstić information content (AvgIpc) is 2.41. The molecule has 0 heterocycles. The maximum Gasteiger partial charge on any atom is 0.226 e. The minimum absolute atomic E-state index is 0.0810. The highest BCUT2D eigenvalue weighted by Crippen LogP contribution is 2.13. The van der Waals surface area contributed by atoms with Gasteiger partial charge in [-0.1, -0.05) is 35.0 Å². The zero-order chi connectivity index (χ0) is 14.3. The highest BCUT2D eigenvalue weighted by atomic mass is 79.9. The molecule has 1 unspecified atom stereocenters. The van der Waals surface area contributed by atoms with Gasteiger partial charge in [-0.15, -0.1) is 0 Å². The lowest BCUT2D eigenvalue weighted by Crippen LogP contribution is -2.38. The molecular weight excluding hydrogens is 304 g/mol. The van der Waals surface area contributed by atoms with Crippen LogP contribution in [0, 0.1) is 5.92 Å². The maximum absolute atomic E-state index is 12.2. The van der Waals surface area contributed by atoms with Gasteiger partial charge in [0.25, 0.3) is 0 Å². The number of hydrogen-bond donors (Lipinski definition) is 1. The van der Waals surface area contributed by atoms with E-state index >= 15 is 0 Å². The topological polar surface area (TPSA) is 32.3 Å². The Balaban J connectivity index is 2.50. The van der Waals surface area contributed by atoms with Gasteiger partial charge >= 0.3 is 0 Å². The van der Waals surface area contributed by atoms with Gasteiger partial charge < -0.3 is 10.2 Å². The van der Waals surface area contributed by atoms with Crippen molar-refractivity contribution in [1.29, 1.82) is 0 Å². The molecule has 106 valence electrons. The van der Waals surface area contributed by atoms with Crippen molar-refractivity contribution in [3.05, 3.63) is 34.3 Å². The molecular formula is C15H23BrN2O. The van der Waals surface area contributed by atoms with Crippen LogP contribution < -0.4 is 5.32 Å². The Hall–Kier alpha value is -0.870. The molecule has 0 aliphatic heterocycles. The molecule has 1 atom stereocenters. The number of nitrogens with zero attached hydrogens (tertiary/aromatic N) is 1. The third-order valence-electron chi connectivity index (χ3n) is 3.29. The molecule has 4 heteroatoms. The lowest BCUT2D eigenvalue weighted by Gasteiger charge is -2.23. The van der Waals surface area contributed by atoms with E-state index in [1.807, 2.05) is 31.1 Å². The van der Waals surface area contributed by atoms with Crippen LogP contribution in [0.1, 0.15) is 18.9 Å². The molecule has 1 amide bonds. The van der Waals surface area contributed by atoms with Crippen molar-refractivity contribution in [2.24, 2.45) is 5.92 Å². The first kappa shape index (κ1) is 16.2. The molecule has 0 saturated heterocycles. The fourth-order valence-electron chi connectivity index (χ4n) is 2.06. The molecule has 0 bridgehead atoms. The van der Waals surface area contributed by atoms with Crippen LogP contribution in [0.5, 0.6) is 0 Å². The van der Waals surface area contributed by atoms with Gasteiger partial charge in [-0.3, -0.25) is 4.79 Å². The van der Waals surface area contributed by atoms with Crippen molar-refractivity contribution in [2.75, 3.05) is 27.2 Å². The van der Waals surface area contributed by atoms with Gasteiger partial charge in [-0.25, -0.2) is 0 Å². The van der Waals surface area contributed by atoms with E-state index in [0.29, 0.717) is 0 Å². The minimum Gasteiger partial charge on any atom is -0.345 e. The number of benzene rings is 1. The Morgan fingerprint density at radius 1 is 1.47 bits per heavy atom. The third-order valence-corrected chi connectivity index (χ3v) is 3.79. The molecule has 0 radical (unpaired) electrons. The lowest BCUT2D eigenvalue weighted by atomic mass is 10.0. The summed E-state index contributed by atoms with van der Waals surface area (Å²) >= 11 is 3.46. The quantitative estimate of drug-likeness (QED) is 0.835. The Kier molecular flexibility index (Phi) is 7.10. The molecule has 1 aromatic rings. The molecule has 1 aromatic carbocycles. The summed E-state index contributed by atoms with van der Waals surface area (Å²) in [6, 6.07) is 8.23. The first-order valence-electron chi connectivity index (χ1n) is 6.72. The number of carbonyl (C=O) groups is 1. The standard InChI is InChI=1S/C15H23BrN2O/c1-4-13(11-17-2)15(19)18(3)9-8-12-6-5-7-14(16)10-12/h5-7,10,13,17H,4,8-9,11H2,1-3H3. The first-order valence-corrected chi connectivity index (χ1v) is 7.51. The van der Waals surface area contributed by atoms with Crippen LogP contribution in [0.3, 0.4) is 0 Å². The Labute approximate surface area is 124 Å². The van der Waals surface area contributed by atoms with Gasteiger partial charge in [-0.2, -0.15) is 0 Å². The number of rotatable bonds is 7. The summed E-state index contributed by atoms with van der Waals surface area (Å²) in [6.45, 7) is 3.56. The minimum atomic E-state index is 0.0810. The highest BCUT2D eigenvalue weighted by Gasteiger charge is 2.19. The number of nitrogens with one attached hydrogen (secondary N) is 1. The zero-order valence-electron chi connectivity index (χ0n) is 11.9. The number of halogens is 1. The zero-order valence-corrected chi connectivity index (χ0v) is 13.5. The largest absolute Gasteiger partial charge is 0.345 e. The van der Waals surface area contributed by atoms with Crippen LogP contribution in [0.15, 0.2) is 28.7 Å². The summed E-state index contributed by atoms with van der Waals surface area (Å²) in [5.74, 6) is 0.310. The van der Waals surface area contributed by atoms with Crippen molar-refractivity contribution in [3.63, 3.8) is 0 Å². The van der Waals surface area contributed by atoms with E-state index in [9.17, 15) is 4.79 Å². The number of likely N-dealkylation sites (N-methyl/N-ethyl adjacent to an activating group) is 1. The smallest absolute Gasteiger partial charge is 0.226 e. The highest BCUT2D eigenvalue weighted by molar-refractivity contribution is 9.10. The maximum atomic E-state index is 12.2. The summed E-state index contributed by atoms with van der Waals surface area (Å²) < 4.78 is 1.08. The Morgan fingerprint density at radius 3 is 2.79 bits per heavy atom. The molecule has 0 aliphatic rings. The number of carbonyl (C=O) groups excluding carboxylic acids is 1. The summed E-state index contributed by atoms with van der Waals surface area (Å²) in [7, 11) is 3.77. The summed E-state index contributed by atoms with van der Waals surface area (Å²) in [4.78, 5) is 14.1. The first-order chi connectivity index (χ1) is 9.08. The molecule has 0 saturated carbocycles. The van der Waals surface area contributed by atoms with Crippen LogP contribution >= 0.6 is 15.9 Å². The fraction of sp³-hybridized carbons (Fsp3) is 0.533. The van der Waals surface area contributed by atoms with Gasteiger partial charge in [-0.05, 0) is 37.6 Å². The van der Waals surface area contributed by atoms with Gasteiger partial charge in [0.2, 0.25) is 5.91 Å². The molecule has 1 rings (SSSR count). The van der Waals surface area contributed by atoms with Crippen molar-refractivity contribution in [3.8, 4) is 0 Å². The second kappa shape index (κ2) is 8.33. The summed E-state index contributed by atoms with van der Waals surface area (Å²) in [5, 5.41) is 3.08. The molecule has 0 spiro atoms. The van der Waals surface area contributed by atoms with Crippen LogP contribution in [0.25, 0.3) is 0 Å².